The van der Waals surface area contributed by atoms with Crippen LogP contribution in [-0.2, 0) is 17.3 Å². The number of para-hydroxylation sites is 4. The molecular weight excluding hydrogens is 828 g/mol. The van der Waals surface area contributed by atoms with E-state index in [4.69, 9.17) is 9.47 Å². The Morgan fingerprint density at radius 2 is 1.22 bits per heavy atom. The van der Waals surface area contributed by atoms with Gasteiger partial charge in [0, 0.05) is 40.1 Å². The highest BCUT2D eigenvalue weighted by Gasteiger charge is 2.54. The molecule has 0 saturated heterocycles. The Kier molecular flexibility index (Phi) is 9.15. The first-order valence-corrected chi connectivity index (χ1v) is 24.6. The molecule has 0 spiro atoms. The number of nitrogens with zero attached hydrogens (tertiary/aromatic N) is 2. The van der Waals surface area contributed by atoms with Crippen molar-refractivity contribution in [2.24, 2.45) is 0 Å². The number of hydrogen-bond acceptors (Lipinski definition) is 4. The van der Waals surface area contributed by atoms with E-state index in [2.05, 4.69) is 202 Å². The predicted octanol–water partition coefficient (Wildman–Crippen LogP) is 15.5. The second kappa shape index (κ2) is 15.3. The SMILES string of the molecule is CCCCC(C)(C)c1cc(C)c(N2c3cc4c(cc3B3c5c2cc2ccccc2c5-c2cccc5c2N3c2ccccc2C5(c2ccccc2)c2ccccc2)Oc2ccccc2O4)cc1CC. The molecule has 0 aromatic heterocycles. The lowest BCUT2D eigenvalue weighted by atomic mass is 9.42. The molecule has 0 fully saturated rings. The summed E-state index contributed by atoms with van der Waals surface area (Å²) in [5.41, 5.74) is 19.5. The number of anilines is 5. The Hall–Kier alpha value is -7.50. The third kappa shape index (κ3) is 5.68. The zero-order chi connectivity index (χ0) is 45.9. The predicted molar refractivity (Wildman–Crippen MR) is 283 cm³/mol. The third-order valence-electron chi connectivity index (χ3n) is 15.6. The Labute approximate surface area is 400 Å². The number of unbranched alkanes of at least 4 members (excludes halogenated alkanes) is 1. The minimum atomic E-state index is -0.605. The molecule has 68 heavy (non-hydrogen) atoms. The fraction of sp³-hybridized carbons (Fsp3) is 0.175. The largest absolute Gasteiger partial charge is 0.450 e. The molecule has 9 aromatic rings. The molecule has 0 atom stereocenters. The number of ether oxygens (including phenoxy) is 2. The zero-order valence-corrected chi connectivity index (χ0v) is 39.4. The van der Waals surface area contributed by atoms with Gasteiger partial charge in [-0.15, -0.1) is 0 Å². The minimum Gasteiger partial charge on any atom is -0.450 e. The average Bonchev–Trinajstić information content (AvgIpc) is 3.38. The second-order valence-electron chi connectivity index (χ2n) is 19.9. The monoisotopic (exact) mass is 880 g/mol. The maximum atomic E-state index is 6.86. The van der Waals surface area contributed by atoms with Crippen molar-refractivity contribution < 1.29 is 9.47 Å². The van der Waals surface area contributed by atoms with Gasteiger partial charge in [-0.05, 0) is 128 Å². The van der Waals surface area contributed by atoms with Crippen LogP contribution in [0.3, 0.4) is 0 Å². The van der Waals surface area contributed by atoms with E-state index in [1.54, 1.807) is 0 Å². The molecule has 4 nitrogen and oxygen atoms in total. The van der Waals surface area contributed by atoms with E-state index in [-0.39, 0.29) is 12.3 Å². The molecule has 330 valence electrons. The van der Waals surface area contributed by atoms with E-state index in [0.717, 1.165) is 35.8 Å². The van der Waals surface area contributed by atoms with Crippen LogP contribution in [0.15, 0.2) is 182 Å². The maximum Gasteiger partial charge on any atom is 0.333 e. The Balaban J connectivity index is 1.17. The lowest BCUT2D eigenvalue weighted by molar-refractivity contribution is 0.360. The third-order valence-corrected chi connectivity index (χ3v) is 15.6. The summed E-state index contributed by atoms with van der Waals surface area (Å²) >= 11 is 0. The van der Waals surface area contributed by atoms with Crippen LogP contribution in [-0.4, -0.2) is 6.85 Å². The van der Waals surface area contributed by atoms with E-state index in [9.17, 15) is 0 Å². The second-order valence-corrected chi connectivity index (χ2v) is 19.9. The van der Waals surface area contributed by atoms with Crippen LogP contribution >= 0.6 is 0 Å². The van der Waals surface area contributed by atoms with Crippen LogP contribution in [0.25, 0.3) is 21.9 Å². The van der Waals surface area contributed by atoms with Crippen molar-refractivity contribution in [3.8, 4) is 34.1 Å². The normalized spacial score (nSPS) is 14.5. The Morgan fingerprint density at radius 1 is 0.574 bits per heavy atom. The number of fused-ring (bicyclic) bond motifs is 10. The molecular formula is C63H53BN2O2. The van der Waals surface area contributed by atoms with Gasteiger partial charge < -0.3 is 19.2 Å². The first-order valence-electron chi connectivity index (χ1n) is 24.6. The van der Waals surface area contributed by atoms with Gasteiger partial charge in [0.2, 0.25) is 0 Å². The van der Waals surface area contributed by atoms with Crippen molar-refractivity contribution in [2.75, 3.05) is 9.71 Å². The van der Waals surface area contributed by atoms with Crippen molar-refractivity contribution in [1.29, 1.82) is 0 Å². The van der Waals surface area contributed by atoms with Gasteiger partial charge in [0.15, 0.2) is 23.0 Å². The molecule has 0 N–H and O–H groups in total. The van der Waals surface area contributed by atoms with Gasteiger partial charge in [-0.25, -0.2) is 0 Å². The Bertz CT molecular complexity index is 3470. The van der Waals surface area contributed by atoms with Crippen LogP contribution < -0.4 is 30.1 Å². The van der Waals surface area contributed by atoms with E-state index in [1.165, 1.54) is 107 Å². The van der Waals surface area contributed by atoms with Gasteiger partial charge in [-0.3, -0.25) is 0 Å². The first-order chi connectivity index (χ1) is 33.3. The number of benzene rings is 9. The molecule has 0 bridgehead atoms. The van der Waals surface area contributed by atoms with Crippen molar-refractivity contribution >= 4 is 57.0 Å². The molecule has 4 aliphatic rings. The van der Waals surface area contributed by atoms with Crippen LogP contribution in [0, 0.1) is 6.92 Å². The highest BCUT2D eigenvalue weighted by Crippen LogP contribution is 2.61. The van der Waals surface area contributed by atoms with Crippen molar-refractivity contribution in [1.82, 2.24) is 0 Å². The highest BCUT2D eigenvalue weighted by molar-refractivity contribution is 6.94. The quantitative estimate of drug-likeness (QED) is 0.142. The molecule has 9 aromatic carbocycles. The summed E-state index contributed by atoms with van der Waals surface area (Å²) in [5.74, 6) is 2.88. The van der Waals surface area contributed by atoms with Crippen molar-refractivity contribution in [2.45, 2.75) is 71.1 Å². The first kappa shape index (κ1) is 40.8. The lowest BCUT2D eigenvalue weighted by Crippen LogP contribution is -2.63. The Morgan fingerprint density at radius 3 is 1.94 bits per heavy atom. The zero-order valence-electron chi connectivity index (χ0n) is 39.4. The molecule has 13 rings (SSSR count). The van der Waals surface area contributed by atoms with Gasteiger partial charge >= 0.3 is 6.85 Å². The molecule has 0 saturated carbocycles. The smallest absolute Gasteiger partial charge is 0.333 e. The lowest BCUT2D eigenvalue weighted by Gasteiger charge is -2.53. The van der Waals surface area contributed by atoms with E-state index >= 15 is 0 Å². The van der Waals surface area contributed by atoms with Crippen LogP contribution in [0.5, 0.6) is 23.0 Å². The van der Waals surface area contributed by atoms with Crippen molar-refractivity contribution in [3.05, 3.63) is 221 Å². The highest BCUT2D eigenvalue weighted by atomic mass is 16.6. The topological polar surface area (TPSA) is 24.9 Å². The summed E-state index contributed by atoms with van der Waals surface area (Å²) in [6.45, 7) is 11.6. The summed E-state index contributed by atoms with van der Waals surface area (Å²) in [5, 5.41) is 2.47. The van der Waals surface area contributed by atoms with E-state index in [0.29, 0.717) is 5.75 Å². The average molecular weight is 881 g/mol. The summed E-state index contributed by atoms with van der Waals surface area (Å²) in [7, 11) is 0. The van der Waals surface area contributed by atoms with Gasteiger partial charge in [0.25, 0.3) is 0 Å². The van der Waals surface area contributed by atoms with Crippen LogP contribution in [0.4, 0.5) is 28.4 Å². The number of rotatable bonds is 8. The number of aryl methyl sites for hydroxylation is 2. The summed E-state index contributed by atoms with van der Waals surface area (Å²) in [4.78, 5) is 5.26. The summed E-state index contributed by atoms with van der Waals surface area (Å²) in [6, 6.07) is 67.7. The fourth-order valence-corrected chi connectivity index (χ4v) is 12.6. The molecule has 4 heterocycles. The molecule has 0 aliphatic carbocycles. The molecule has 5 heteroatoms. The number of hydrogen-bond donors (Lipinski definition) is 0. The summed E-state index contributed by atoms with van der Waals surface area (Å²) < 4.78 is 13.7. The van der Waals surface area contributed by atoms with E-state index in [1.807, 2.05) is 24.3 Å². The van der Waals surface area contributed by atoms with Crippen LogP contribution in [0.1, 0.15) is 85.9 Å². The minimum absolute atomic E-state index is 0.0487. The van der Waals surface area contributed by atoms with Gasteiger partial charge in [0.1, 0.15) is 0 Å². The summed E-state index contributed by atoms with van der Waals surface area (Å²) in [6.07, 6.45) is 4.49. The fourth-order valence-electron chi connectivity index (χ4n) is 12.6. The maximum absolute atomic E-state index is 6.86. The molecule has 0 unspecified atom stereocenters. The molecule has 4 aliphatic heterocycles. The van der Waals surface area contributed by atoms with E-state index < -0.39 is 5.41 Å². The van der Waals surface area contributed by atoms with Gasteiger partial charge in [0.05, 0.1) is 5.41 Å². The molecule has 0 radical (unpaired) electrons. The van der Waals surface area contributed by atoms with Crippen molar-refractivity contribution in [3.63, 3.8) is 0 Å². The van der Waals surface area contributed by atoms with Gasteiger partial charge in [-0.2, -0.15) is 0 Å². The standard InChI is InChI=1S/C63H53BN2O2/c1-6-8-34-62(4,5)49-35-40(3)52(36-41(49)7-2)65-53-39-58-57(67-55-32-19-20-33-56(55)68-58)38-50(53)64-60-54(65)37-42-22-15-16-27-45(42)59(60)46-28-21-30-48-61(46)66(64)51-31-18-17-29-47(51)63(48,43-23-11-9-12-24-43)44-25-13-10-14-26-44/h9-33,35-39H,6-8,34H2,1-5H3. The van der Waals surface area contributed by atoms with Gasteiger partial charge in [-0.1, -0.05) is 180 Å². The van der Waals surface area contributed by atoms with Crippen LogP contribution in [0.2, 0.25) is 0 Å². The molecule has 0 amide bonds.